The predicted molar refractivity (Wildman–Crippen MR) is 79.0 cm³/mol. The fourth-order valence-corrected chi connectivity index (χ4v) is 2.91. The Morgan fingerprint density at radius 2 is 2.00 bits per heavy atom. The number of likely N-dealkylation sites (N-methyl/N-ethyl adjacent to an activating group) is 1. The van der Waals surface area contributed by atoms with Crippen molar-refractivity contribution in [2.45, 2.75) is 11.8 Å². The zero-order chi connectivity index (χ0) is 15.5. The van der Waals surface area contributed by atoms with Gasteiger partial charge >= 0.3 is 0 Å². The number of sulfonamides is 1. The highest BCUT2D eigenvalue weighted by Crippen LogP contribution is 2.17. The van der Waals surface area contributed by atoms with Crippen molar-refractivity contribution in [1.29, 1.82) is 0 Å². The summed E-state index contributed by atoms with van der Waals surface area (Å²) in [7, 11) is -1.76. The summed E-state index contributed by atoms with van der Waals surface area (Å²) >= 11 is 0. The highest BCUT2D eigenvalue weighted by molar-refractivity contribution is 7.88. The minimum atomic E-state index is -3.55. The topological polar surface area (TPSA) is 111 Å². The molecule has 1 aromatic rings. The van der Waals surface area contributed by atoms with Crippen LogP contribution in [0.2, 0.25) is 0 Å². The van der Waals surface area contributed by atoms with Gasteiger partial charge < -0.3 is 15.4 Å². The molecule has 7 nitrogen and oxygen atoms in total. The quantitative estimate of drug-likeness (QED) is 0.688. The van der Waals surface area contributed by atoms with Crippen LogP contribution in [0.25, 0.3) is 0 Å². The summed E-state index contributed by atoms with van der Waals surface area (Å²) in [5, 5.41) is 10.8. The summed E-state index contributed by atoms with van der Waals surface area (Å²) in [5.41, 5.74) is 1.19. The van der Waals surface area contributed by atoms with Gasteiger partial charge in [-0.1, -0.05) is 12.1 Å². The summed E-state index contributed by atoms with van der Waals surface area (Å²) in [5.74, 6) is -0.579. The molecule has 116 valence electrons. The van der Waals surface area contributed by atoms with E-state index in [4.69, 9.17) is 9.88 Å². The minimum absolute atomic E-state index is 0.00616. The summed E-state index contributed by atoms with van der Waals surface area (Å²) in [4.78, 5) is 12.2. The van der Waals surface area contributed by atoms with Crippen molar-refractivity contribution in [3.8, 4) is 0 Å². The molecule has 2 atom stereocenters. The van der Waals surface area contributed by atoms with Crippen molar-refractivity contribution in [2.24, 2.45) is 11.1 Å². The lowest BCUT2D eigenvalue weighted by Gasteiger charge is -2.16. The van der Waals surface area contributed by atoms with Gasteiger partial charge in [-0.05, 0) is 24.7 Å². The van der Waals surface area contributed by atoms with Crippen LogP contribution in [0.1, 0.15) is 5.56 Å². The number of nitrogens with one attached hydrogen (secondary N) is 2. The first-order valence-electron chi connectivity index (χ1n) is 6.54. The molecule has 0 radical (unpaired) electrons. The first kappa shape index (κ1) is 15.9. The van der Waals surface area contributed by atoms with E-state index in [1.807, 2.05) is 0 Å². The molecular weight excluding hydrogens is 294 g/mol. The van der Waals surface area contributed by atoms with Crippen LogP contribution in [-0.4, -0.2) is 40.6 Å². The SMILES string of the molecule is CNC1COCC1C(=O)Nc1ccc(CS(N)(=O)=O)cc1. The van der Waals surface area contributed by atoms with Gasteiger partial charge in [-0.25, -0.2) is 13.6 Å². The molecule has 1 aliphatic heterocycles. The van der Waals surface area contributed by atoms with Gasteiger partial charge in [0.15, 0.2) is 0 Å². The maximum absolute atomic E-state index is 12.2. The van der Waals surface area contributed by atoms with Crippen LogP contribution in [0.3, 0.4) is 0 Å². The smallest absolute Gasteiger partial charge is 0.231 e. The van der Waals surface area contributed by atoms with Gasteiger partial charge in [-0.2, -0.15) is 0 Å². The molecule has 1 amide bonds. The molecule has 1 aliphatic rings. The third kappa shape index (κ3) is 4.50. The maximum atomic E-state index is 12.2. The van der Waals surface area contributed by atoms with Gasteiger partial charge in [0.05, 0.1) is 24.9 Å². The summed E-state index contributed by atoms with van der Waals surface area (Å²) in [6, 6.07) is 6.57. The number of benzene rings is 1. The van der Waals surface area contributed by atoms with Crippen molar-refractivity contribution in [2.75, 3.05) is 25.6 Å². The van der Waals surface area contributed by atoms with Gasteiger partial charge in [-0.15, -0.1) is 0 Å². The van der Waals surface area contributed by atoms with Crippen molar-refractivity contribution in [3.05, 3.63) is 29.8 Å². The lowest BCUT2D eigenvalue weighted by molar-refractivity contribution is -0.120. The lowest BCUT2D eigenvalue weighted by Crippen LogP contribution is -2.39. The van der Waals surface area contributed by atoms with Crippen LogP contribution in [-0.2, 0) is 25.3 Å². The number of ether oxygens (including phenoxy) is 1. The summed E-state index contributed by atoms with van der Waals surface area (Å²) in [6.07, 6.45) is 0. The van der Waals surface area contributed by atoms with Crippen molar-refractivity contribution >= 4 is 21.6 Å². The van der Waals surface area contributed by atoms with Gasteiger partial charge in [0.1, 0.15) is 0 Å². The van der Waals surface area contributed by atoms with E-state index < -0.39 is 10.0 Å². The van der Waals surface area contributed by atoms with Crippen LogP contribution in [0, 0.1) is 5.92 Å². The first-order valence-corrected chi connectivity index (χ1v) is 8.26. The minimum Gasteiger partial charge on any atom is -0.379 e. The van der Waals surface area contributed by atoms with Crippen LogP contribution >= 0.6 is 0 Å². The second-order valence-corrected chi connectivity index (χ2v) is 6.65. The van der Waals surface area contributed by atoms with E-state index >= 15 is 0 Å². The van der Waals surface area contributed by atoms with E-state index in [1.54, 1.807) is 31.3 Å². The monoisotopic (exact) mass is 313 g/mol. The van der Waals surface area contributed by atoms with Crippen molar-refractivity contribution in [1.82, 2.24) is 5.32 Å². The van der Waals surface area contributed by atoms with Crippen LogP contribution in [0.4, 0.5) is 5.69 Å². The number of carbonyl (C=O) groups is 1. The number of hydrogen-bond acceptors (Lipinski definition) is 5. The Bertz CT molecular complexity index is 600. The zero-order valence-electron chi connectivity index (χ0n) is 11.7. The molecule has 0 spiro atoms. The largest absolute Gasteiger partial charge is 0.379 e. The van der Waals surface area contributed by atoms with E-state index in [9.17, 15) is 13.2 Å². The number of carbonyl (C=O) groups excluding carboxylic acids is 1. The van der Waals surface area contributed by atoms with Gasteiger partial charge in [0.25, 0.3) is 0 Å². The molecule has 0 bridgehead atoms. The number of anilines is 1. The van der Waals surface area contributed by atoms with E-state index in [-0.39, 0.29) is 23.6 Å². The maximum Gasteiger partial charge on any atom is 0.231 e. The molecule has 0 aliphatic carbocycles. The molecular formula is C13H19N3O4S. The Morgan fingerprint density at radius 3 is 2.57 bits per heavy atom. The zero-order valence-corrected chi connectivity index (χ0v) is 12.5. The van der Waals surface area contributed by atoms with Crippen LogP contribution in [0.5, 0.6) is 0 Å². The van der Waals surface area contributed by atoms with E-state index in [0.29, 0.717) is 24.5 Å². The van der Waals surface area contributed by atoms with Gasteiger partial charge in [0, 0.05) is 11.7 Å². The van der Waals surface area contributed by atoms with E-state index in [2.05, 4.69) is 10.6 Å². The Labute approximate surface area is 123 Å². The van der Waals surface area contributed by atoms with E-state index in [0.717, 1.165) is 0 Å². The van der Waals surface area contributed by atoms with Gasteiger partial charge in [0.2, 0.25) is 15.9 Å². The Morgan fingerprint density at radius 1 is 1.33 bits per heavy atom. The average Bonchev–Trinajstić information content (AvgIpc) is 2.87. The average molecular weight is 313 g/mol. The fraction of sp³-hybridized carbons (Fsp3) is 0.462. The normalized spacial score (nSPS) is 22.2. The number of primary sulfonamides is 1. The third-order valence-electron chi connectivity index (χ3n) is 3.38. The molecule has 2 rings (SSSR count). The summed E-state index contributed by atoms with van der Waals surface area (Å²) < 4.78 is 27.3. The molecule has 1 aromatic carbocycles. The predicted octanol–water partition coefficient (Wildman–Crippen LogP) is -0.352. The number of nitrogens with two attached hydrogens (primary N) is 1. The Balaban J connectivity index is 1.98. The molecule has 1 fully saturated rings. The van der Waals surface area contributed by atoms with Crippen LogP contribution < -0.4 is 15.8 Å². The Kier molecular flexibility index (Phi) is 4.94. The van der Waals surface area contributed by atoms with E-state index in [1.165, 1.54) is 0 Å². The highest BCUT2D eigenvalue weighted by atomic mass is 32.2. The molecule has 4 N–H and O–H groups in total. The molecule has 0 saturated carbocycles. The van der Waals surface area contributed by atoms with Crippen molar-refractivity contribution < 1.29 is 17.9 Å². The summed E-state index contributed by atoms with van der Waals surface area (Å²) in [6.45, 7) is 0.905. The molecule has 1 saturated heterocycles. The Hall–Kier alpha value is -1.48. The number of hydrogen-bond donors (Lipinski definition) is 3. The van der Waals surface area contributed by atoms with Crippen LogP contribution in [0.15, 0.2) is 24.3 Å². The molecule has 21 heavy (non-hydrogen) atoms. The molecule has 8 heteroatoms. The fourth-order valence-electron chi connectivity index (χ4n) is 2.25. The second-order valence-electron chi connectivity index (χ2n) is 5.03. The second kappa shape index (κ2) is 6.52. The van der Waals surface area contributed by atoms with Crippen molar-refractivity contribution in [3.63, 3.8) is 0 Å². The number of amides is 1. The molecule has 0 aromatic heterocycles. The molecule has 2 unspecified atom stereocenters. The highest BCUT2D eigenvalue weighted by Gasteiger charge is 2.32. The standard InChI is InChI=1S/C13H19N3O4S/c1-15-12-7-20-6-11(12)13(17)16-10-4-2-9(3-5-10)8-21(14,18)19/h2-5,11-12,15H,6-8H2,1H3,(H,16,17)(H2,14,18,19). The molecule has 1 heterocycles. The first-order chi connectivity index (χ1) is 9.89. The number of rotatable bonds is 5. The van der Waals surface area contributed by atoms with Gasteiger partial charge in [-0.3, -0.25) is 4.79 Å². The third-order valence-corrected chi connectivity index (χ3v) is 4.11. The lowest BCUT2D eigenvalue weighted by atomic mass is 10.0.